The molecule has 4 rings (SSSR count). The van der Waals surface area contributed by atoms with E-state index in [0.29, 0.717) is 23.2 Å². The van der Waals surface area contributed by atoms with Crippen LogP contribution in [0.1, 0.15) is 17.0 Å². The zero-order valence-electron chi connectivity index (χ0n) is 16.5. The summed E-state index contributed by atoms with van der Waals surface area (Å²) in [6, 6.07) is 15.5. The first-order valence-corrected chi connectivity index (χ1v) is 9.30. The van der Waals surface area contributed by atoms with Gasteiger partial charge in [-0.1, -0.05) is 41.1 Å². The maximum Gasteiger partial charge on any atom is 0.258 e. The van der Waals surface area contributed by atoms with Crippen LogP contribution in [0.3, 0.4) is 0 Å². The van der Waals surface area contributed by atoms with Crippen LogP contribution in [0.15, 0.2) is 59.3 Å². The minimum Gasteiger partial charge on any atom is -0.334 e. The van der Waals surface area contributed by atoms with Crippen LogP contribution in [0, 0.1) is 20.8 Å². The minimum atomic E-state index is -0.123. The minimum absolute atomic E-state index is 0.123. The molecule has 0 aliphatic rings. The summed E-state index contributed by atoms with van der Waals surface area (Å²) in [6.45, 7) is 5.99. The summed E-state index contributed by atoms with van der Waals surface area (Å²) >= 11 is 0. The molecule has 0 fully saturated rings. The van der Waals surface area contributed by atoms with Gasteiger partial charge in [-0.2, -0.15) is 4.98 Å². The second-order valence-electron chi connectivity index (χ2n) is 6.96. The van der Waals surface area contributed by atoms with E-state index in [1.165, 1.54) is 0 Å². The van der Waals surface area contributed by atoms with Crippen molar-refractivity contribution in [1.82, 2.24) is 19.7 Å². The second-order valence-corrected chi connectivity index (χ2v) is 6.96. The van der Waals surface area contributed by atoms with Crippen molar-refractivity contribution in [3.8, 4) is 23.0 Å². The van der Waals surface area contributed by atoms with E-state index in [0.717, 1.165) is 22.4 Å². The van der Waals surface area contributed by atoms with Crippen molar-refractivity contribution in [2.24, 2.45) is 0 Å². The van der Waals surface area contributed by atoms with Crippen LogP contribution in [0.25, 0.3) is 23.0 Å². The van der Waals surface area contributed by atoms with Gasteiger partial charge in [-0.3, -0.25) is 4.79 Å². The lowest BCUT2D eigenvalue weighted by Gasteiger charge is -2.10. The van der Waals surface area contributed by atoms with Crippen molar-refractivity contribution in [3.63, 3.8) is 0 Å². The van der Waals surface area contributed by atoms with Gasteiger partial charge in [0.1, 0.15) is 18.1 Å². The van der Waals surface area contributed by atoms with E-state index < -0.39 is 0 Å². The Bertz CT molecular complexity index is 1160. The Kier molecular flexibility index (Phi) is 4.95. The van der Waals surface area contributed by atoms with Crippen LogP contribution in [-0.4, -0.2) is 25.6 Å². The normalized spacial score (nSPS) is 10.9. The Balaban J connectivity index is 1.49. The Morgan fingerprint density at radius 3 is 2.62 bits per heavy atom. The van der Waals surface area contributed by atoms with E-state index in [4.69, 9.17) is 4.52 Å². The fraction of sp³-hybridized carbons (Fsp3) is 0.182. The van der Waals surface area contributed by atoms with Gasteiger partial charge < -0.3 is 14.4 Å². The fourth-order valence-electron chi connectivity index (χ4n) is 3.10. The van der Waals surface area contributed by atoms with Crippen LogP contribution < -0.4 is 5.32 Å². The van der Waals surface area contributed by atoms with Gasteiger partial charge in [-0.25, -0.2) is 4.98 Å². The van der Waals surface area contributed by atoms with Crippen LogP contribution in [0.4, 0.5) is 5.69 Å². The SMILES string of the molecule is Cc1ccc(NC(=O)Cn2cc(-c3noc(-c4ccccc4)n3)nc2C)c(C)c1. The highest BCUT2D eigenvalue weighted by atomic mass is 16.5. The average Bonchev–Trinajstić information content (AvgIpc) is 3.32. The summed E-state index contributed by atoms with van der Waals surface area (Å²) in [5.74, 6) is 1.39. The van der Waals surface area contributed by atoms with Crippen molar-refractivity contribution >= 4 is 11.6 Å². The standard InChI is InChI=1S/C22H21N5O2/c1-14-9-10-18(15(2)11-14)24-20(28)13-27-12-19(23-16(27)3)21-25-22(29-26-21)17-7-5-4-6-8-17/h4-12H,13H2,1-3H3,(H,24,28). The highest BCUT2D eigenvalue weighted by Crippen LogP contribution is 2.22. The lowest BCUT2D eigenvalue weighted by Crippen LogP contribution is -2.19. The van der Waals surface area contributed by atoms with Crippen molar-refractivity contribution < 1.29 is 9.32 Å². The molecule has 0 unspecified atom stereocenters. The number of aromatic nitrogens is 4. The molecule has 0 spiro atoms. The summed E-state index contributed by atoms with van der Waals surface area (Å²) in [5, 5.41) is 6.97. The Morgan fingerprint density at radius 1 is 1.07 bits per heavy atom. The Morgan fingerprint density at radius 2 is 1.86 bits per heavy atom. The number of nitrogens with one attached hydrogen (secondary N) is 1. The number of carbonyl (C=O) groups is 1. The zero-order valence-corrected chi connectivity index (χ0v) is 16.5. The highest BCUT2D eigenvalue weighted by molar-refractivity contribution is 5.91. The molecule has 0 radical (unpaired) electrons. The first-order chi connectivity index (χ1) is 14.0. The highest BCUT2D eigenvalue weighted by Gasteiger charge is 2.16. The number of rotatable bonds is 5. The van der Waals surface area contributed by atoms with E-state index in [1.54, 1.807) is 10.8 Å². The van der Waals surface area contributed by atoms with E-state index in [-0.39, 0.29) is 12.5 Å². The van der Waals surface area contributed by atoms with Gasteiger partial charge in [0.05, 0.1) is 0 Å². The predicted molar refractivity (Wildman–Crippen MR) is 110 cm³/mol. The predicted octanol–water partition coefficient (Wildman–Crippen LogP) is 4.16. The van der Waals surface area contributed by atoms with Gasteiger partial charge >= 0.3 is 0 Å². The number of aryl methyl sites for hydroxylation is 3. The number of anilines is 1. The van der Waals surface area contributed by atoms with E-state index >= 15 is 0 Å². The van der Waals surface area contributed by atoms with Crippen molar-refractivity contribution in [2.45, 2.75) is 27.3 Å². The number of amides is 1. The number of benzene rings is 2. The van der Waals surface area contributed by atoms with E-state index in [1.807, 2.05) is 69.3 Å². The van der Waals surface area contributed by atoms with E-state index in [2.05, 4.69) is 20.4 Å². The molecule has 146 valence electrons. The Hall–Kier alpha value is -3.74. The monoisotopic (exact) mass is 387 g/mol. The van der Waals surface area contributed by atoms with E-state index in [9.17, 15) is 4.79 Å². The lowest BCUT2D eigenvalue weighted by atomic mass is 10.1. The quantitative estimate of drug-likeness (QED) is 0.556. The molecule has 0 bridgehead atoms. The molecule has 4 aromatic rings. The van der Waals surface area contributed by atoms with Gasteiger partial charge in [0.25, 0.3) is 5.89 Å². The summed E-state index contributed by atoms with van der Waals surface area (Å²) < 4.78 is 7.12. The lowest BCUT2D eigenvalue weighted by molar-refractivity contribution is -0.116. The second kappa shape index (κ2) is 7.71. The summed E-state index contributed by atoms with van der Waals surface area (Å²) in [7, 11) is 0. The molecule has 0 saturated carbocycles. The smallest absolute Gasteiger partial charge is 0.258 e. The zero-order chi connectivity index (χ0) is 20.4. The number of hydrogen-bond donors (Lipinski definition) is 1. The summed E-state index contributed by atoms with van der Waals surface area (Å²) in [5.41, 5.74) is 4.40. The molecule has 0 atom stereocenters. The third kappa shape index (κ3) is 4.08. The van der Waals surface area contributed by atoms with Crippen molar-refractivity contribution in [3.05, 3.63) is 71.7 Å². The van der Waals surface area contributed by atoms with Gasteiger partial charge in [-0.15, -0.1) is 0 Å². The molecular weight excluding hydrogens is 366 g/mol. The number of carbonyl (C=O) groups excluding carboxylic acids is 1. The van der Waals surface area contributed by atoms with Crippen LogP contribution in [0.2, 0.25) is 0 Å². The molecule has 2 aromatic carbocycles. The molecule has 0 saturated heterocycles. The molecule has 0 aliphatic carbocycles. The van der Waals surface area contributed by atoms with Crippen molar-refractivity contribution in [2.75, 3.05) is 5.32 Å². The summed E-state index contributed by atoms with van der Waals surface area (Å²) in [4.78, 5) is 21.4. The van der Waals surface area contributed by atoms with Crippen LogP contribution in [-0.2, 0) is 11.3 Å². The van der Waals surface area contributed by atoms with Gasteiger partial charge in [0.2, 0.25) is 11.7 Å². The molecule has 2 heterocycles. The van der Waals surface area contributed by atoms with Crippen molar-refractivity contribution in [1.29, 1.82) is 0 Å². The summed E-state index contributed by atoms with van der Waals surface area (Å²) in [6.07, 6.45) is 1.76. The first-order valence-electron chi connectivity index (χ1n) is 9.30. The molecule has 7 heteroatoms. The van der Waals surface area contributed by atoms with Gasteiger partial charge in [-0.05, 0) is 44.5 Å². The number of imidazole rings is 1. The Labute approximate surface area is 168 Å². The maximum absolute atomic E-state index is 12.5. The maximum atomic E-state index is 12.5. The molecule has 7 nitrogen and oxygen atoms in total. The molecular formula is C22H21N5O2. The fourth-order valence-corrected chi connectivity index (χ4v) is 3.10. The first kappa shape index (κ1) is 18.6. The van der Waals surface area contributed by atoms with Gasteiger partial charge in [0.15, 0.2) is 0 Å². The molecule has 0 aliphatic heterocycles. The van der Waals surface area contributed by atoms with Gasteiger partial charge in [0, 0.05) is 17.4 Å². The largest absolute Gasteiger partial charge is 0.334 e. The van der Waals surface area contributed by atoms with Crippen LogP contribution in [0.5, 0.6) is 0 Å². The third-order valence-electron chi connectivity index (χ3n) is 4.62. The molecule has 1 amide bonds. The molecule has 29 heavy (non-hydrogen) atoms. The topological polar surface area (TPSA) is 85.8 Å². The van der Waals surface area contributed by atoms with Crippen LogP contribution >= 0.6 is 0 Å². The average molecular weight is 387 g/mol. The number of hydrogen-bond acceptors (Lipinski definition) is 5. The molecule has 2 aromatic heterocycles. The number of nitrogens with zero attached hydrogens (tertiary/aromatic N) is 4. The molecule has 1 N–H and O–H groups in total. The third-order valence-corrected chi connectivity index (χ3v) is 4.62.